The highest BCUT2D eigenvalue weighted by Gasteiger charge is 2.26. The Balaban J connectivity index is 3.42. The number of hydrogen-bond donors (Lipinski definition) is 1. The highest BCUT2D eigenvalue weighted by atomic mass is 19.3. The van der Waals surface area contributed by atoms with Gasteiger partial charge in [0.1, 0.15) is 17.4 Å². The molecule has 2 N–H and O–H groups in total. The predicted octanol–water partition coefficient (Wildman–Crippen LogP) is 1.52. The molecule has 82 valence electrons. The fourth-order valence-electron chi connectivity index (χ4n) is 1.03. The molecule has 0 unspecified atom stereocenters. The van der Waals surface area contributed by atoms with E-state index in [1.54, 1.807) is 0 Å². The number of nitro groups is 1. The first-order valence-corrected chi connectivity index (χ1v) is 3.74. The molecule has 0 aliphatic carbocycles. The normalized spacial score (nSPS) is 10.4. The van der Waals surface area contributed by atoms with Gasteiger partial charge in [-0.15, -0.1) is 0 Å². The van der Waals surface area contributed by atoms with Gasteiger partial charge in [0.2, 0.25) is 5.88 Å². The van der Waals surface area contributed by atoms with Crippen molar-refractivity contribution in [2.45, 2.75) is 6.43 Å². The minimum atomic E-state index is -2.98. The van der Waals surface area contributed by atoms with Gasteiger partial charge < -0.3 is 10.5 Å². The third kappa shape index (κ3) is 1.92. The highest BCUT2D eigenvalue weighted by Crippen LogP contribution is 2.37. The number of pyridine rings is 1. The average molecular weight is 219 g/mol. The first-order valence-electron chi connectivity index (χ1n) is 3.74. The minimum absolute atomic E-state index is 0.409. The third-order valence-corrected chi connectivity index (χ3v) is 1.71. The van der Waals surface area contributed by atoms with Gasteiger partial charge in [0, 0.05) is 0 Å². The molecule has 0 aromatic carbocycles. The van der Waals surface area contributed by atoms with Gasteiger partial charge in [-0.25, -0.2) is 13.8 Å². The molecule has 1 aromatic rings. The summed E-state index contributed by atoms with van der Waals surface area (Å²) in [5.41, 5.74) is 3.18. The summed E-state index contributed by atoms with van der Waals surface area (Å²) in [5, 5.41) is 10.4. The monoisotopic (exact) mass is 219 g/mol. The van der Waals surface area contributed by atoms with Crippen LogP contribution in [-0.4, -0.2) is 17.0 Å². The Labute approximate surface area is 82.8 Å². The number of alkyl halides is 2. The Bertz CT molecular complexity index is 397. The number of rotatable bonds is 3. The van der Waals surface area contributed by atoms with Crippen LogP contribution in [0.5, 0.6) is 5.88 Å². The van der Waals surface area contributed by atoms with Crippen LogP contribution in [-0.2, 0) is 0 Å². The van der Waals surface area contributed by atoms with Crippen LogP contribution in [0.15, 0.2) is 6.20 Å². The van der Waals surface area contributed by atoms with Crippen LogP contribution in [0.3, 0.4) is 0 Å². The number of nitrogens with two attached hydrogens (primary N) is 1. The van der Waals surface area contributed by atoms with E-state index in [0.717, 1.165) is 13.3 Å². The second kappa shape index (κ2) is 4.03. The fourth-order valence-corrected chi connectivity index (χ4v) is 1.03. The predicted molar refractivity (Wildman–Crippen MR) is 46.8 cm³/mol. The van der Waals surface area contributed by atoms with Gasteiger partial charge in [-0.3, -0.25) is 10.1 Å². The summed E-state index contributed by atoms with van der Waals surface area (Å²) >= 11 is 0. The van der Waals surface area contributed by atoms with Gasteiger partial charge in [0.05, 0.1) is 12.0 Å². The van der Waals surface area contributed by atoms with E-state index in [1.165, 1.54) is 0 Å². The highest BCUT2D eigenvalue weighted by molar-refractivity contribution is 5.65. The molecule has 8 heteroatoms. The van der Waals surface area contributed by atoms with Crippen LogP contribution in [0.25, 0.3) is 0 Å². The number of anilines is 1. The molecule has 0 atom stereocenters. The Hall–Kier alpha value is -1.99. The standard InChI is InChI=1S/C7H7F2N3O3/c1-15-7-4(6(8)9)5(10)3(2-11-7)12(13)14/h2,6H,1H3,(H2,10,11). The van der Waals surface area contributed by atoms with E-state index in [4.69, 9.17) is 5.73 Å². The lowest BCUT2D eigenvalue weighted by Crippen LogP contribution is -2.05. The van der Waals surface area contributed by atoms with E-state index in [-0.39, 0.29) is 0 Å². The molecular formula is C7H7F2N3O3. The van der Waals surface area contributed by atoms with Gasteiger partial charge in [-0.1, -0.05) is 0 Å². The van der Waals surface area contributed by atoms with Crippen LogP contribution in [0.1, 0.15) is 12.0 Å². The molecule has 15 heavy (non-hydrogen) atoms. The second-order valence-corrected chi connectivity index (χ2v) is 2.54. The van der Waals surface area contributed by atoms with Crippen molar-refractivity contribution in [3.63, 3.8) is 0 Å². The maximum absolute atomic E-state index is 12.5. The van der Waals surface area contributed by atoms with E-state index in [1.807, 2.05) is 0 Å². The van der Waals surface area contributed by atoms with Crippen LogP contribution in [0.2, 0.25) is 0 Å². The summed E-state index contributed by atoms with van der Waals surface area (Å²) < 4.78 is 29.5. The summed E-state index contributed by atoms with van der Waals surface area (Å²) in [5.74, 6) is -0.409. The SMILES string of the molecule is COc1ncc([N+](=O)[O-])c(N)c1C(F)F. The Morgan fingerprint density at radius 1 is 1.67 bits per heavy atom. The number of aromatic nitrogens is 1. The molecule has 0 saturated heterocycles. The molecule has 0 aliphatic heterocycles. The smallest absolute Gasteiger partial charge is 0.311 e. The molecular weight excluding hydrogens is 212 g/mol. The topological polar surface area (TPSA) is 91.3 Å². The van der Waals surface area contributed by atoms with Crippen molar-refractivity contribution in [2.75, 3.05) is 12.8 Å². The zero-order valence-corrected chi connectivity index (χ0v) is 7.61. The molecule has 0 aliphatic rings. The zero-order valence-electron chi connectivity index (χ0n) is 7.61. The maximum Gasteiger partial charge on any atom is 0.311 e. The lowest BCUT2D eigenvalue weighted by atomic mass is 10.2. The van der Waals surface area contributed by atoms with Gasteiger partial charge in [0.15, 0.2) is 0 Å². The molecule has 0 bridgehead atoms. The van der Waals surface area contributed by atoms with Crippen LogP contribution < -0.4 is 10.5 Å². The second-order valence-electron chi connectivity index (χ2n) is 2.54. The van der Waals surface area contributed by atoms with Crippen molar-refractivity contribution in [3.05, 3.63) is 21.9 Å². The van der Waals surface area contributed by atoms with Gasteiger partial charge in [-0.05, 0) is 0 Å². The molecule has 1 aromatic heterocycles. The van der Waals surface area contributed by atoms with Crippen molar-refractivity contribution < 1.29 is 18.4 Å². The average Bonchev–Trinajstić information content (AvgIpc) is 2.15. The van der Waals surface area contributed by atoms with E-state index in [9.17, 15) is 18.9 Å². The Morgan fingerprint density at radius 3 is 2.67 bits per heavy atom. The Kier molecular flexibility index (Phi) is 2.98. The fraction of sp³-hybridized carbons (Fsp3) is 0.286. The van der Waals surface area contributed by atoms with Crippen LogP contribution in [0.4, 0.5) is 20.2 Å². The number of hydrogen-bond acceptors (Lipinski definition) is 5. The molecule has 0 radical (unpaired) electrons. The largest absolute Gasteiger partial charge is 0.481 e. The third-order valence-electron chi connectivity index (χ3n) is 1.71. The van der Waals surface area contributed by atoms with E-state index < -0.39 is 34.2 Å². The van der Waals surface area contributed by atoms with Crippen LogP contribution >= 0.6 is 0 Å². The van der Waals surface area contributed by atoms with E-state index >= 15 is 0 Å². The number of nitrogen functional groups attached to an aromatic ring is 1. The summed E-state index contributed by atoms with van der Waals surface area (Å²) in [4.78, 5) is 12.9. The first-order chi connectivity index (χ1) is 6.99. The van der Waals surface area contributed by atoms with E-state index in [2.05, 4.69) is 9.72 Å². The van der Waals surface area contributed by atoms with Crippen molar-refractivity contribution in [1.82, 2.24) is 4.98 Å². The molecule has 0 fully saturated rings. The van der Waals surface area contributed by atoms with Crippen molar-refractivity contribution in [2.24, 2.45) is 0 Å². The van der Waals surface area contributed by atoms with E-state index in [0.29, 0.717) is 0 Å². The van der Waals surface area contributed by atoms with Crippen molar-refractivity contribution >= 4 is 11.4 Å². The molecule has 1 rings (SSSR count). The van der Waals surface area contributed by atoms with Gasteiger partial charge in [-0.2, -0.15) is 0 Å². The van der Waals surface area contributed by atoms with Crippen LogP contribution in [0, 0.1) is 10.1 Å². The summed E-state index contributed by atoms with van der Waals surface area (Å²) in [7, 11) is 1.12. The summed E-state index contributed by atoms with van der Waals surface area (Å²) in [6.07, 6.45) is -2.20. The Morgan fingerprint density at radius 2 is 2.27 bits per heavy atom. The number of methoxy groups -OCH3 is 1. The number of ether oxygens (including phenoxy) is 1. The van der Waals surface area contributed by atoms with Gasteiger partial charge >= 0.3 is 5.69 Å². The summed E-state index contributed by atoms with van der Waals surface area (Å²) in [6.45, 7) is 0. The molecule has 6 nitrogen and oxygen atoms in total. The van der Waals surface area contributed by atoms with Crippen molar-refractivity contribution in [1.29, 1.82) is 0 Å². The first kappa shape index (κ1) is 11.1. The maximum atomic E-state index is 12.5. The van der Waals surface area contributed by atoms with Crippen molar-refractivity contribution in [3.8, 4) is 5.88 Å². The number of halogens is 2. The minimum Gasteiger partial charge on any atom is -0.481 e. The number of nitrogens with zero attached hydrogens (tertiary/aromatic N) is 2. The lowest BCUT2D eigenvalue weighted by molar-refractivity contribution is -0.384. The molecule has 0 spiro atoms. The molecule has 0 saturated carbocycles. The quantitative estimate of drug-likeness (QED) is 0.614. The molecule has 0 amide bonds. The van der Waals surface area contributed by atoms with Gasteiger partial charge in [0.25, 0.3) is 6.43 Å². The zero-order chi connectivity index (χ0) is 11.6. The molecule has 1 heterocycles. The summed E-state index contributed by atoms with van der Waals surface area (Å²) in [6, 6.07) is 0. The lowest BCUT2D eigenvalue weighted by Gasteiger charge is -2.08.